The Balaban J connectivity index is 1.68. The first kappa shape index (κ1) is 21.1. The Morgan fingerprint density at radius 2 is 1.77 bits per heavy atom. The predicted octanol–water partition coefficient (Wildman–Crippen LogP) is 3.84. The second kappa shape index (κ2) is 9.28. The summed E-state index contributed by atoms with van der Waals surface area (Å²) in [6.07, 6.45) is 1.50. The molecule has 0 aliphatic heterocycles. The van der Waals surface area contributed by atoms with Crippen molar-refractivity contribution in [1.82, 2.24) is 9.99 Å². The first-order valence-corrected chi connectivity index (χ1v) is 9.50. The van der Waals surface area contributed by atoms with E-state index in [1.54, 1.807) is 24.3 Å². The largest absolute Gasteiger partial charge is 0.495 e. The van der Waals surface area contributed by atoms with Crippen LogP contribution in [0.4, 0.5) is 5.69 Å². The molecule has 2 N–H and O–H groups in total. The van der Waals surface area contributed by atoms with Gasteiger partial charge < -0.3 is 14.6 Å². The van der Waals surface area contributed by atoms with Crippen LogP contribution in [-0.4, -0.2) is 29.7 Å². The highest BCUT2D eigenvalue weighted by atomic mass is 35.5. The number of nitrogens with one attached hydrogen (secondary N) is 2. The molecule has 0 saturated carbocycles. The van der Waals surface area contributed by atoms with Gasteiger partial charge in [-0.05, 0) is 56.3 Å². The SMILES string of the molecule is COc1ccccc1NC(=O)C(=O)N/N=C\c1cc(C)n(-c2ccc(Cl)cc2)c1C. The fourth-order valence-corrected chi connectivity index (χ4v) is 3.17. The normalized spacial score (nSPS) is 10.8. The molecule has 3 aromatic rings. The fourth-order valence-electron chi connectivity index (χ4n) is 3.04. The molecule has 0 bridgehead atoms. The Kier molecular flexibility index (Phi) is 6.54. The maximum Gasteiger partial charge on any atom is 0.329 e. The van der Waals surface area contributed by atoms with Crippen molar-refractivity contribution in [2.45, 2.75) is 13.8 Å². The number of amides is 2. The van der Waals surface area contributed by atoms with Crippen molar-refractivity contribution in [3.63, 3.8) is 0 Å². The highest BCUT2D eigenvalue weighted by molar-refractivity contribution is 6.39. The van der Waals surface area contributed by atoms with Crippen LogP contribution in [0.5, 0.6) is 5.75 Å². The van der Waals surface area contributed by atoms with Gasteiger partial charge in [-0.15, -0.1) is 0 Å². The second-order valence-electron chi connectivity index (χ2n) is 6.49. The number of methoxy groups -OCH3 is 1. The second-order valence-corrected chi connectivity index (χ2v) is 6.93. The third-order valence-electron chi connectivity index (χ3n) is 4.49. The average Bonchev–Trinajstić information content (AvgIpc) is 3.02. The Morgan fingerprint density at radius 3 is 2.47 bits per heavy atom. The summed E-state index contributed by atoms with van der Waals surface area (Å²) in [5.74, 6) is -1.27. The van der Waals surface area contributed by atoms with E-state index in [0.717, 1.165) is 22.6 Å². The van der Waals surface area contributed by atoms with Crippen LogP contribution in [0.3, 0.4) is 0 Å². The zero-order valence-electron chi connectivity index (χ0n) is 16.8. The molecular formula is C22H21ClN4O3. The third kappa shape index (κ3) is 4.69. The minimum absolute atomic E-state index is 0.399. The number of halogens is 1. The number of carbonyl (C=O) groups excluding carboxylic acids is 2. The molecule has 0 aliphatic carbocycles. The smallest absolute Gasteiger partial charge is 0.329 e. The lowest BCUT2D eigenvalue weighted by Crippen LogP contribution is -2.32. The van der Waals surface area contributed by atoms with E-state index in [0.29, 0.717) is 16.5 Å². The van der Waals surface area contributed by atoms with Gasteiger partial charge in [-0.1, -0.05) is 23.7 Å². The van der Waals surface area contributed by atoms with E-state index in [4.69, 9.17) is 16.3 Å². The van der Waals surface area contributed by atoms with Gasteiger partial charge >= 0.3 is 11.8 Å². The predicted molar refractivity (Wildman–Crippen MR) is 118 cm³/mol. The maximum absolute atomic E-state index is 12.1. The topological polar surface area (TPSA) is 84.7 Å². The Labute approximate surface area is 179 Å². The molecule has 8 heteroatoms. The molecule has 1 aromatic heterocycles. The lowest BCUT2D eigenvalue weighted by atomic mass is 10.2. The van der Waals surface area contributed by atoms with Crippen LogP contribution in [0.25, 0.3) is 5.69 Å². The van der Waals surface area contributed by atoms with Crippen molar-refractivity contribution in [3.8, 4) is 11.4 Å². The number of nitrogens with zero attached hydrogens (tertiary/aromatic N) is 2. The number of aryl methyl sites for hydroxylation is 1. The quantitative estimate of drug-likeness (QED) is 0.370. The molecule has 2 aromatic carbocycles. The van der Waals surface area contributed by atoms with Crippen LogP contribution in [0, 0.1) is 13.8 Å². The number of hydrazone groups is 1. The minimum atomic E-state index is -0.885. The highest BCUT2D eigenvalue weighted by Crippen LogP contribution is 2.23. The van der Waals surface area contributed by atoms with Crippen LogP contribution in [0.1, 0.15) is 17.0 Å². The Hall–Kier alpha value is -3.58. The first-order valence-electron chi connectivity index (χ1n) is 9.13. The zero-order chi connectivity index (χ0) is 21.7. The molecular weight excluding hydrogens is 404 g/mol. The number of rotatable bonds is 5. The Bertz CT molecular complexity index is 1100. The van der Waals surface area contributed by atoms with Gasteiger partial charge in [0.2, 0.25) is 0 Å². The summed E-state index contributed by atoms with van der Waals surface area (Å²) >= 11 is 5.97. The minimum Gasteiger partial charge on any atom is -0.495 e. The summed E-state index contributed by atoms with van der Waals surface area (Å²) in [7, 11) is 1.48. The van der Waals surface area contributed by atoms with Crippen LogP contribution in [0.15, 0.2) is 59.7 Å². The molecule has 0 radical (unpaired) electrons. The van der Waals surface area contributed by atoms with Gasteiger partial charge in [-0.25, -0.2) is 5.43 Å². The third-order valence-corrected chi connectivity index (χ3v) is 4.74. The van der Waals surface area contributed by atoms with Gasteiger partial charge in [0.15, 0.2) is 0 Å². The molecule has 3 rings (SSSR count). The molecule has 0 fully saturated rings. The van der Waals surface area contributed by atoms with Crippen molar-refractivity contribution in [2.24, 2.45) is 5.10 Å². The molecule has 0 atom stereocenters. The molecule has 30 heavy (non-hydrogen) atoms. The summed E-state index contributed by atoms with van der Waals surface area (Å²) in [5, 5.41) is 7.08. The van der Waals surface area contributed by atoms with Crippen molar-refractivity contribution in [3.05, 3.63) is 76.6 Å². The molecule has 154 valence electrons. The molecule has 0 saturated heterocycles. The van der Waals surface area contributed by atoms with Crippen molar-refractivity contribution in [1.29, 1.82) is 0 Å². The summed E-state index contributed by atoms with van der Waals surface area (Å²) in [4.78, 5) is 24.1. The van der Waals surface area contributed by atoms with Crippen molar-refractivity contribution >= 4 is 35.3 Å². The van der Waals surface area contributed by atoms with E-state index in [1.165, 1.54) is 13.3 Å². The maximum atomic E-state index is 12.1. The Morgan fingerprint density at radius 1 is 1.07 bits per heavy atom. The van der Waals surface area contributed by atoms with Crippen LogP contribution >= 0.6 is 11.6 Å². The number of aromatic nitrogens is 1. The first-order chi connectivity index (χ1) is 14.4. The monoisotopic (exact) mass is 424 g/mol. The van der Waals surface area contributed by atoms with Crippen molar-refractivity contribution < 1.29 is 14.3 Å². The summed E-state index contributed by atoms with van der Waals surface area (Å²) in [6.45, 7) is 3.91. The van der Waals surface area contributed by atoms with Gasteiger partial charge in [-0.3, -0.25) is 9.59 Å². The van der Waals surface area contributed by atoms with Gasteiger partial charge in [0, 0.05) is 27.7 Å². The number of ether oxygens (including phenoxy) is 1. The van der Waals surface area contributed by atoms with Gasteiger partial charge in [-0.2, -0.15) is 5.10 Å². The van der Waals surface area contributed by atoms with Gasteiger partial charge in [0.25, 0.3) is 0 Å². The summed E-state index contributed by atoms with van der Waals surface area (Å²) in [5.41, 5.74) is 6.35. The molecule has 0 spiro atoms. The van der Waals surface area contributed by atoms with Gasteiger partial charge in [0.05, 0.1) is 19.0 Å². The summed E-state index contributed by atoms with van der Waals surface area (Å²) in [6, 6.07) is 16.2. The van der Waals surface area contributed by atoms with E-state index in [1.807, 2.05) is 48.7 Å². The number of hydrogen-bond donors (Lipinski definition) is 2. The van der Waals surface area contributed by atoms with Gasteiger partial charge in [0.1, 0.15) is 5.75 Å². The van der Waals surface area contributed by atoms with E-state index in [9.17, 15) is 9.59 Å². The van der Waals surface area contributed by atoms with Crippen LogP contribution in [0.2, 0.25) is 5.02 Å². The van der Waals surface area contributed by atoms with E-state index >= 15 is 0 Å². The number of hydrogen-bond acceptors (Lipinski definition) is 4. The number of anilines is 1. The van der Waals surface area contributed by atoms with Crippen molar-refractivity contribution in [2.75, 3.05) is 12.4 Å². The average molecular weight is 425 g/mol. The molecule has 1 heterocycles. The lowest BCUT2D eigenvalue weighted by Gasteiger charge is -2.09. The van der Waals surface area contributed by atoms with Crippen LogP contribution in [-0.2, 0) is 9.59 Å². The molecule has 0 aliphatic rings. The van der Waals surface area contributed by atoms with E-state index in [2.05, 4.69) is 15.8 Å². The highest BCUT2D eigenvalue weighted by Gasteiger charge is 2.15. The zero-order valence-corrected chi connectivity index (χ0v) is 17.5. The lowest BCUT2D eigenvalue weighted by molar-refractivity contribution is -0.136. The van der Waals surface area contributed by atoms with Crippen LogP contribution < -0.4 is 15.5 Å². The number of benzene rings is 2. The number of para-hydroxylation sites is 2. The summed E-state index contributed by atoms with van der Waals surface area (Å²) < 4.78 is 7.20. The molecule has 7 nitrogen and oxygen atoms in total. The fraction of sp³-hybridized carbons (Fsp3) is 0.136. The molecule has 2 amide bonds. The molecule has 0 unspecified atom stereocenters. The van der Waals surface area contributed by atoms with E-state index in [-0.39, 0.29) is 0 Å². The number of carbonyl (C=O) groups is 2. The van der Waals surface area contributed by atoms with E-state index < -0.39 is 11.8 Å². The standard InChI is InChI=1S/C22H21ClN4O3/c1-14-12-16(15(2)27(14)18-10-8-17(23)9-11-18)13-24-26-22(29)21(28)25-19-6-4-5-7-20(19)30-3/h4-13H,1-3H3,(H,25,28)(H,26,29)/b24-13-.